The van der Waals surface area contributed by atoms with Crippen LogP contribution in [-0.4, -0.2) is 9.72 Å². The van der Waals surface area contributed by atoms with Gasteiger partial charge < -0.3 is 14.4 Å². The van der Waals surface area contributed by atoms with Gasteiger partial charge in [0, 0.05) is 37.6 Å². The van der Waals surface area contributed by atoms with Crippen LogP contribution in [0.2, 0.25) is 0 Å². The van der Waals surface area contributed by atoms with Crippen molar-refractivity contribution in [1.82, 2.24) is 15.0 Å². The summed E-state index contributed by atoms with van der Waals surface area (Å²) >= 11 is 0. The van der Waals surface area contributed by atoms with Gasteiger partial charge in [-0.3, -0.25) is 0 Å². The second-order valence-corrected chi connectivity index (χ2v) is 4.02. The molecule has 0 aromatic carbocycles. The molecule has 4 heteroatoms. The van der Waals surface area contributed by atoms with Crippen LogP contribution in [0.25, 0.3) is 0 Å². The maximum absolute atomic E-state index is 5.11. The smallest absolute Gasteiger partial charge is 0.138 e. The summed E-state index contributed by atoms with van der Waals surface area (Å²) in [5.74, 6) is 0.900. The minimum Gasteiger partial charge on any atom is -0.361 e. The Balaban J connectivity index is 1.92. The van der Waals surface area contributed by atoms with E-state index >= 15 is 0 Å². The van der Waals surface area contributed by atoms with Gasteiger partial charge in [-0.2, -0.15) is 0 Å². The van der Waals surface area contributed by atoms with Gasteiger partial charge >= 0.3 is 0 Å². The Morgan fingerprint density at radius 2 is 2.19 bits per heavy atom. The number of hydrogen-bond donors (Lipinski definition) is 1. The van der Waals surface area contributed by atoms with Crippen molar-refractivity contribution in [1.29, 1.82) is 0 Å². The fourth-order valence-electron chi connectivity index (χ4n) is 1.75. The van der Waals surface area contributed by atoms with E-state index in [-0.39, 0.29) is 0 Å². The summed E-state index contributed by atoms with van der Waals surface area (Å²) in [6.45, 7) is 5.56. The van der Waals surface area contributed by atoms with Gasteiger partial charge in [0.25, 0.3) is 0 Å². The van der Waals surface area contributed by atoms with Crippen molar-refractivity contribution in [3.8, 4) is 0 Å². The van der Waals surface area contributed by atoms with Gasteiger partial charge in [-0.1, -0.05) is 5.16 Å². The first-order valence-corrected chi connectivity index (χ1v) is 5.41. The number of hydrogen-bond acceptors (Lipinski definition) is 3. The van der Waals surface area contributed by atoms with Gasteiger partial charge in [0.2, 0.25) is 0 Å². The minimum atomic E-state index is 0.798. The van der Waals surface area contributed by atoms with Crippen LogP contribution < -0.4 is 5.32 Å². The monoisotopic (exact) mass is 219 g/mol. The highest BCUT2D eigenvalue weighted by atomic mass is 16.5. The zero-order chi connectivity index (χ0) is 11.5. The van der Waals surface area contributed by atoms with Crippen LogP contribution in [0, 0.1) is 13.8 Å². The summed E-state index contributed by atoms with van der Waals surface area (Å²) in [4.78, 5) is 0. The van der Waals surface area contributed by atoms with Crippen molar-refractivity contribution in [2.24, 2.45) is 7.05 Å². The Morgan fingerprint density at radius 3 is 2.75 bits per heavy atom. The van der Waals surface area contributed by atoms with Gasteiger partial charge in [0.15, 0.2) is 0 Å². The number of nitrogens with one attached hydrogen (secondary N) is 1. The van der Waals surface area contributed by atoms with Crippen LogP contribution in [0.1, 0.15) is 22.7 Å². The lowest BCUT2D eigenvalue weighted by Gasteiger charge is -2.05. The Hall–Kier alpha value is -1.55. The number of aryl methyl sites for hydroxylation is 3. The van der Waals surface area contributed by atoms with Crippen molar-refractivity contribution < 1.29 is 4.52 Å². The van der Waals surface area contributed by atoms with Gasteiger partial charge in [0.1, 0.15) is 5.76 Å². The maximum atomic E-state index is 5.11. The first-order valence-electron chi connectivity index (χ1n) is 5.41. The van der Waals surface area contributed by atoms with E-state index in [0.29, 0.717) is 0 Å². The van der Waals surface area contributed by atoms with Crippen molar-refractivity contribution >= 4 is 0 Å². The lowest BCUT2D eigenvalue weighted by Crippen LogP contribution is -2.15. The second-order valence-electron chi connectivity index (χ2n) is 4.02. The molecule has 2 heterocycles. The lowest BCUT2D eigenvalue weighted by atomic mass is 10.2. The standard InChI is InChI=1S/C12H17N3O/c1-9-12(10(2)16-14-9)8-13-7-11-5-4-6-15(11)3/h4-6,13H,7-8H2,1-3H3. The third kappa shape index (κ3) is 2.17. The summed E-state index contributed by atoms with van der Waals surface area (Å²) in [7, 11) is 2.05. The SMILES string of the molecule is Cc1noc(C)c1CNCc1cccn1C. The molecule has 0 amide bonds. The molecule has 0 spiro atoms. The van der Waals surface area contributed by atoms with Crippen LogP contribution >= 0.6 is 0 Å². The molecular weight excluding hydrogens is 202 g/mol. The van der Waals surface area contributed by atoms with Crippen molar-refractivity contribution in [2.45, 2.75) is 26.9 Å². The van der Waals surface area contributed by atoms with Crippen LogP contribution in [-0.2, 0) is 20.1 Å². The predicted octanol–water partition coefficient (Wildman–Crippen LogP) is 1.92. The van der Waals surface area contributed by atoms with Crippen molar-refractivity contribution in [3.05, 3.63) is 41.0 Å². The molecule has 0 radical (unpaired) electrons. The van der Waals surface area contributed by atoms with Crippen molar-refractivity contribution in [3.63, 3.8) is 0 Å². The zero-order valence-corrected chi connectivity index (χ0v) is 9.95. The van der Waals surface area contributed by atoms with E-state index in [1.807, 2.05) is 33.2 Å². The van der Waals surface area contributed by atoms with E-state index in [9.17, 15) is 0 Å². The van der Waals surface area contributed by atoms with E-state index in [0.717, 1.165) is 30.1 Å². The van der Waals surface area contributed by atoms with E-state index in [1.54, 1.807) is 0 Å². The van der Waals surface area contributed by atoms with Crippen molar-refractivity contribution in [2.75, 3.05) is 0 Å². The Morgan fingerprint density at radius 1 is 1.38 bits per heavy atom. The first-order chi connectivity index (χ1) is 7.68. The maximum Gasteiger partial charge on any atom is 0.138 e. The van der Waals surface area contributed by atoms with Gasteiger partial charge in [-0.05, 0) is 26.0 Å². The molecule has 0 fully saturated rings. The third-order valence-corrected chi connectivity index (χ3v) is 2.84. The van der Waals surface area contributed by atoms with Crippen LogP contribution in [0.4, 0.5) is 0 Å². The molecule has 86 valence electrons. The predicted molar refractivity (Wildman–Crippen MR) is 61.9 cm³/mol. The molecule has 1 N–H and O–H groups in total. The molecule has 4 nitrogen and oxygen atoms in total. The third-order valence-electron chi connectivity index (χ3n) is 2.84. The molecule has 16 heavy (non-hydrogen) atoms. The second kappa shape index (κ2) is 4.53. The fraction of sp³-hybridized carbons (Fsp3) is 0.417. The van der Waals surface area contributed by atoms with Gasteiger partial charge in [0.05, 0.1) is 5.69 Å². The summed E-state index contributed by atoms with van der Waals surface area (Å²) in [5, 5.41) is 7.32. The fourth-order valence-corrected chi connectivity index (χ4v) is 1.75. The molecule has 0 atom stereocenters. The lowest BCUT2D eigenvalue weighted by molar-refractivity contribution is 0.392. The summed E-state index contributed by atoms with van der Waals surface area (Å²) in [5.41, 5.74) is 3.40. The van der Waals surface area contributed by atoms with Gasteiger partial charge in [-0.25, -0.2) is 0 Å². The molecule has 2 aromatic rings. The van der Waals surface area contributed by atoms with Gasteiger partial charge in [-0.15, -0.1) is 0 Å². The quantitative estimate of drug-likeness (QED) is 0.854. The minimum absolute atomic E-state index is 0.798. The van der Waals surface area contributed by atoms with E-state index in [4.69, 9.17) is 4.52 Å². The normalized spacial score (nSPS) is 10.9. The van der Waals surface area contributed by atoms with E-state index in [1.165, 1.54) is 5.69 Å². The molecule has 0 aliphatic carbocycles. The zero-order valence-electron chi connectivity index (χ0n) is 9.95. The molecule has 0 aliphatic heterocycles. The molecule has 0 aliphatic rings. The highest BCUT2D eigenvalue weighted by Crippen LogP contribution is 2.11. The molecule has 0 saturated carbocycles. The highest BCUT2D eigenvalue weighted by Gasteiger charge is 2.08. The van der Waals surface area contributed by atoms with Crippen LogP contribution in [0.3, 0.4) is 0 Å². The average Bonchev–Trinajstić information content (AvgIpc) is 2.79. The Labute approximate surface area is 95.2 Å². The van der Waals surface area contributed by atoms with E-state index < -0.39 is 0 Å². The molecular formula is C12H17N3O. The molecule has 0 saturated heterocycles. The van der Waals surface area contributed by atoms with Crippen LogP contribution in [0.15, 0.2) is 22.9 Å². The summed E-state index contributed by atoms with van der Waals surface area (Å²) in [6, 6.07) is 4.16. The topological polar surface area (TPSA) is 43.0 Å². The first kappa shape index (κ1) is 11.0. The van der Waals surface area contributed by atoms with Crippen LogP contribution in [0.5, 0.6) is 0 Å². The molecule has 2 aromatic heterocycles. The summed E-state index contributed by atoms with van der Waals surface area (Å²) < 4.78 is 7.22. The largest absolute Gasteiger partial charge is 0.361 e. The molecule has 0 bridgehead atoms. The number of nitrogens with zero attached hydrogens (tertiary/aromatic N) is 2. The van der Waals surface area contributed by atoms with E-state index in [2.05, 4.69) is 21.1 Å². The molecule has 2 rings (SSSR count). The Kier molecular flexibility index (Phi) is 3.10. The highest BCUT2D eigenvalue weighted by molar-refractivity contribution is 5.20. The number of aromatic nitrogens is 2. The average molecular weight is 219 g/mol. The summed E-state index contributed by atoms with van der Waals surface area (Å²) in [6.07, 6.45) is 2.05. The molecule has 0 unspecified atom stereocenters. The Bertz CT molecular complexity index is 451. The number of rotatable bonds is 4.